The fourth-order valence-corrected chi connectivity index (χ4v) is 6.95. The van der Waals surface area contributed by atoms with E-state index in [1.54, 1.807) is 0 Å². The maximum atomic E-state index is 11.5. The van der Waals surface area contributed by atoms with Gasteiger partial charge < -0.3 is 0 Å². The van der Waals surface area contributed by atoms with Crippen LogP contribution in [-0.4, -0.2) is 55.7 Å². The molecular formula is C19H24O5Se. The van der Waals surface area contributed by atoms with E-state index in [-0.39, 0.29) is 39.2 Å². The van der Waals surface area contributed by atoms with Crippen LogP contribution in [0.4, 0.5) is 0 Å². The summed E-state index contributed by atoms with van der Waals surface area (Å²) in [6.45, 7) is 3.37. The van der Waals surface area contributed by atoms with Crippen molar-refractivity contribution in [2.45, 2.75) is 74.0 Å². The zero-order valence-electron chi connectivity index (χ0n) is 14.5. The maximum absolute atomic E-state index is 11.5. The minimum absolute atomic E-state index is 0.0281. The molecule has 136 valence electrons. The Kier molecular flexibility index (Phi) is 4.45. The second-order valence-corrected chi connectivity index (χ2v) is 10.2. The second kappa shape index (κ2) is 6.36. The summed E-state index contributed by atoms with van der Waals surface area (Å²) in [4.78, 5) is 11.9. The molecule has 5 nitrogen and oxygen atoms in total. The molecule has 0 saturated carbocycles. The van der Waals surface area contributed by atoms with E-state index in [0.29, 0.717) is 24.1 Å². The van der Waals surface area contributed by atoms with Crippen molar-refractivity contribution in [2.75, 3.05) is 0 Å². The molecule has 6 heteroatoms. The fourth-order valence-electron chi connectivity index (χ4n) is 4.33. The number of rotatable bonds is 3. The van der Waals surface area contributed by atoms with E-state index in [1.807, 2.05) is 13.0 Å². The molecule has 0 unspecified atom stereocenters. The van der Waals surface area contributed by atoms with E-state index in [4.69, 9.17) is 14.2 Å². The van der Waals surface area contributed by atoms with Crippen molar-refractivity contribution in [2.24, 2.45) is 0 Å². The van der Waals surface area contributed by atoms with E-state index < -0.39 is 11.4 Å². The topological polar surface area (TPSA) is 65.0 Å². The molecule has 4 rings (SSSR count). The van der Waals surface area contributed by atoms with Crippen molar-refractivity contribution in [3.8, 4) is 0 Å². The number of carbonyl (C=O) groups excluding carboxylic acids is 1. The van der Waals surface area contributed by atoms with Crippen LogP contribution in [0, 0.1) is 0 Å². The van der Waals surface area contributed by atoms with Crippen LogP contribution in [0.2, 0.25) is 4.82 Å². The average molecular weight is 411 g/mol. The van der Waals surface area contributed by atoms with Crippen molar-refractivity contribution in [3.05, 3.63) is 30.3 Å². The molecule has 6 atom stereocenters. The molecule has 25 heavy (non-hydrogen) atoms. The Morgan fingerprint density at radius 1 is 1.36 bits per heavy atom. The van der Waals surface area contributed by atoms with Crippen LogP contribution in [0.25, 0.3) is 0 Å². The van der Waals surface area contributed by atoms with Gasteiger partial charge in [0.05, 0.1) is 0 Å². The molecule has 3 aliphatic rings. The molecular weight excluding hydrogens is 387 g/mol. The van der Waals surface area contributed by atoms with Crippen LogP contribution in [-0.2, 0) is 19.0 Å². The molecule has 0 spiro atoms. The van der Waals surface area contributed by atoms with Gasteiger partial charge in [0.25, 0.3) is 0 Å². The van der Waals surface area contributed by atoms with Crippen LogP contribution >= 0.6 is 0 Å². The molecule has 0 aliphatic carbocycles. The van der Waals surface area contributed by atoms with Crippen molar-refractivity contribution in [1.82, 2.24) is 0 Å². The molecule has 0 radical (unpaired) electrons. The third-order valence-corrected chi connectivity index (χ3v) is 8.32. The Morgan fingerprint density at radius 2 is 2.12 bits per heavy atom. The summed E-state index contributed by atoms with van der Waals surface area (Å²) in [5, 5.41) is 11.1. The third kappa shape index (κ3) is 3.26. The Balaban J connectivity index is 1.58. The van der Waals surface area contributed by atoms with E-state index >= 15 is 0 Å². The van der Waals surface area contributed by atoms with Crippen LogP contribution in [0.5, 0.6) is 0 Å². The van der Waals surface area contributed by atoms with Gasteiger partial charge in [-0.05, 0) is 0 Å². The first-order chi connectivity index (χ1) is 11.9. The fraction of sp³-hybridized carbons (Fsp3) is 0.632. The summed E-state index contributed by atoms with van der Waals surface area (Å²) in [5.41, 5.74) is -0.705. The van der Waals surface area contributed by atoms with E-state index in [0.717, 1.165) is 6.42 Å². The Morgan fingerprint density at radius 3 is 2.84 bits per heavy atom. The van der Waals surface area contributed by atoms with Crippen LogP contribution in [0.1, 0.15) is 39.5 Å². The summed E-state index contributed by atoms with van der Waals surface area (Å²) in [7, 11) is 0. The van der Waals surface area contributed by atoms with Gasteiger partial charge >= 0.3 is 154 Å². The van der Waals surface area contributed by atoms with Gasteiger partial charge in [-0.1, -0.05) is 0 Å². The number of carbonyl (C=O) groups is 1. The summed E-state index contributed by atoms with van der Waals surface area (Å²) < 4.78 is 19.2. The Hall–Kier alpha value is -0.911. The summed E-state index contributed by atoms with van der Waals surface area (Å²) in [6, 6.07) is 10.5. The average Bonchev–Trinajstić information content (AvgIpc) is 2.90. The number of ether oxygens (including phenoxy) is 3. The molecule has 1 aromatic carbocycles. The summed E-state index contributed by atoms with van der Waals surface area (Å²) in [5.74, 6) is -1.58. The van der Waals surface area contributed by atoms with Gasteiger partial charge in [-0.15, -0.1) is 0 Å². The SMILES string of the molecule is CC(=O)O[C@H]1CC[C@]2(O)O[C@@]1(C)C[C@H]1O[C@@H]2C[C@@H]1[Se]c1ccccc1. The third-order valence-electron chi connectivity index (χ3n) is 5.50. The van der Waals surface area contributed by atoms with Gasteiger partial charge in [-0.3, -0.25) is 0 Å². The van der Waals surface area contributed by atoms with Crippen molar-refractivity contribution >= 4 is 25.4 Å². The van der Waals surface area contributed by atoms with Gasteiger partial charge in [0.2, 0.25) is 0 Å². The molecule has 3 fully saturated rings. The van der Waals surface area contributed by atoms with Crippen molar-refractivity contribution in [3.63, 3.8) is 0 Å². The van der Waals surface area contributed by atoms with Gasteiger partial charge in [-0.25, -0.2) is 0 Å². The van der Waals surface area contributed by atoms with Gasteiger partial charge in [0.15, 0.2) is 0 Å². The Labute approximate surface area is 154 Å². The zero-order valence-corrected chi connectivity index (χ0v) is 16.2. The number of hydrogen-bond acceptors (Lipinski definition) is 5. The number of esters is 1. The molecule has 3 saturated heterocycles. The monoisotopic (exact) mass is 412 g/mol. The normalized spacial score (nSPS) is 42.7. The van der Waals surface area contributed by atoms with Gasteiger partial charge in [0, 0.05) is 0 Å². The molecule has 3 heterocycles. The predicted octanol–water partition coefficient (Wildman–Crippen LogP) is 1.56. The predicted molar refractivity (Wildman–Crippen MR) is 92.7 cm³/mol. The first-order valence-electron chi connectivity index (χ1n) is 8.85. The molecule has 3 aliphatic heterocycles. The molecule has 0 aromatic heterocycles. The van der Waals surface area contributed by atoms with Crippen molar-refractivity contribution < 1.29 is 24.1 Å². The van der Waals surface area contributed by atoms with Crippen LogP contribution in [0.3, 0.4) is 0 Å². The van der Waals surface area contributed by atoms with E-state index in [2.05, 4.69) is 24.3 Å². The molecule has 1 N–H and O–H groups in total. The summed E-state index contributed by atoms with van der Waals surface area (Å²) >= 11 is 0.274. The molecule has 4 bridgehead atoms. The minimum atomic E-state index is -1.28. The number of hydrogen-bond donors (Lipinski definition) is 1. The van der Waals surface area contributed by atoms with Gasteiger partial charge in [0.1, 0.15) is 0 Å². The first-order valence-corrected chi connectivity index (χ1v) is 10.7. The standard InChI is InChI=1S/C19H24O5Se/c1-12(20)22-16-8-9-19(21)17-10-15(25-13-6-4-3-5-7-13)14(23-17)11-18(16,2)24-19/h3-7,14-17,21H,8-11H2,1-2H3/t14-,15+,16+,17-,18+,19+/m1/s1. The number of fused-ring (bicyclic) bond motifs is 5. The van der Waals surface area contributed by atoms with Crippen LogP contribution < -0.4 is 4.46 Å². The van der Waals surface area contributed by atoms with Crippen molar-refractivity contribution in [1.29, 1.82) is 0 Å². The van der Waals surface area contributed by atoms with E-state index in [9.17, 15) is 9.90 Å². The zero-order chi connectivity index (χ0) is 17.7. The quantitative estimate of drug-likeness (QED) is 0.604. The Bertz CT molecular complexity index is 652. The number of benzene rings is 1. The van der Waals surface area contributed by atoms with Gasteiger partial charge in [-0.2, -0.15) is 0 Å². The molecule has 0 amide bonds. The first kappa shape index (κ1) is 17.5. The van der Waals surface area contributed by atoms with Crippen LogP contribution in [0.15, 0.2) is 30.3 Å². The second-order valence-electron chi connectivity index (χ2n) is 7.47. The van der Waals surface area contributed by atoms with E-state index in [1.165, 1.54) is 11.4 Å². The molecule has 1 aromatic rings. The number of aliphatic hydroxyl groups is 1. The summed E-state index contributed by atoms with van der Waals surface area (Å²) in [6.07, 6.45) is 1.90.